The van der Waals surface area contributed by atoms with Crippen LogP contribution in [0.25, 0.3) is 11.1 Å². The average Bonchev–Trinajstić information content (AvgIpc) is 3.41. The van der Waals surface area contributed by atoms with E-state index in [2.05, 4.69) is 136 Å². The molecule has 0 bridgehead atoms. The molecule has 4 aromatic rings. The number of hydrogen-bond donors (Lipinski definition) is 1. The van der Waals surface area contributed by atoms with Gasteiger partial charge in [0.05, 0.1) is 12.7 Å². The molecule has 3 fully saturated rings. The summed E-state index contributed by atoms with van der Waals surface area (Å²) in [5, 5.41) is 13.5. The molecular weight excluding hydrogens is 625 g/mol. The fraction of sp³-hybridized carbons (Fsp3) is 0.442. The van der Waals surface area contributed by atoms with Gasteiger partial charge >= 0.3 is 0 Å². The van der Waals surface area contributed by atoms with E-state index in [0.29, 0.717) is 19.6 Å². The highest BCUT2D eigenvalue weighted by atomic mass is 28.4. The molecule has 0 spiro atoms. The second-order valence-corrected chi connectivity index (χ2v) is 19.8. The molecule has 3 aliphatic rings. The zero-order valence-corrected chi connectivity index (χ0v) is 30.3. The van der Waals surface area contributed by atoms with Gasteiger partial charge in [-0.3, -0.25) is 0 Å². The van der Waals surface area contributed by atoms with Crippen molar-refractivity contribution in [1.29, 1.82) is 0 Å². The van der Waals surface area contributed by atoms with Crippen molar-refractivity contribution in [3.8, 4) is 11.1 Å². The third kappa shape index (κ3) is 7.10. The lowest BCUT2D eigenvalue weighted by molar-refractivity contribution is -0.199. The Morgan fingerprint density at radius 1 is 0.755 bits per heavy atom. The summed E-state index contributed by atoms with van der Waals surface area (Å²) in [6.07, 6.45) is 4.33. The van der Waals surface area contributed by atoms with Gasteiger partial charge in [-0.1, -0.05) is 136 Å². The zero-order chi connectivity index (χ0) is 33.9. The Morgan fingerprint density at radius 3 is 1.96 bits per heavy atom. The van der Waals surface area contributed by atoms with Crippen LogP contribution in [0.5, 0.6) is 0 Å². The Bertz CT molecular complexity index is 1580. The normalized spacial score (nSPS) is 27.5. The van der Waals surface area contributed by atoms with Crippen LogP contribution in [-0.2, 0) is 25.1 Å². The number of aliphatic hydroxyl groups is 1. The van der Waals surface area contributed by atoms with E-state index >= 15 is 0 Å². The molecule has 1 saturated carbocycles. The van der Waals surface area contributed by atoms with Gasteiger partial charge < -0.3 is 23.7 Å². The fourth-order valence-corrected chi connectivity index (χ4v) is 13.7. The minimum atomic E-state index is -2.78. The number of fused-ring (bicyclic) bond motifs is 1. The van der Waals surface area contributed by atoms with Crippen molar-refractivity contribution >= 4 is 18.7 Å². The van der Waals surface area contributed by atoms with Gasteiger partial charge in [-0.2, -0.15) is 0 Å². The van der Waals surface area contributed by atoms with Gasteiger partial charge in [0, 0.05) is 25.6 Å². The van der Waals surface area contributed by atoms with Crippen molar-refractivity contribution in [2.75, 3.05) is 19.8 Å². The quantitative estimate of drug-likeness (QED) is 0.174. The number of benzene rings is 4. The van der Waals surface area contributed by atoms with Crippen LogP contribution in [0.3, 0.4) is 0 Å². The summed E-state index contributed by atoms with van der Waals surface area (Å²) < 4.78 is 26.8. The van der Waals surface area contributed by atoms with Gasteiger partial charge in [0.1, 0.15) is 0 Å². The predicted molar refractivity (Wildman–Crippen MR) is 198 cm³/mol. The van der Waals surface area contributed by atoms with Gasteiger partial charge in [0.25, 0.3) is 8.32 Å². The van der Waals surface area contributed by atoms with Crippen LogP contribution in [0.15, 0.2) is 115 Å². The number of aliphatic hydroxyl groups excluding tert-OH is 1. The number of rotatable bonds is 10. The van der Waals surface area contributed by atoms with E-state index in [1.807, 2.05) is 0 Å². The number of hydrogen-bond acceptors (Lipinski definition) is 5. The molecule has 2 saturated heterocycles. The van der Waals surface area contributed by atoms with E-state index in [1.165, 1.54) is 27.1 Å². The van der Waals surface area contributed by atoms with E-state index in [0.717, 1.165) is 38.7 Å². The molecule has 5 nitrogen and oxygen atoms in total. The lowest BCUT2D eigenvalue weighted by atomic mass is 9.68. The van der Waals surface area contributed by atoms with Gasteiger partial charge in [-0.15, -0.1) is 0 Å². The van der Waals surface area contributed by atoms with Gasteiger partial charge in [-0.05, 0) is 75.5 Å². The molecule has 2 heterocycles. The van der Waals surface area contributed by atoms with Gasteiger partial charge in [-0.25, -0.2) is 0 Å². The molecule has 1 N–H and O–H groups in total. The Hall–Kier alpha value is -3.10. The molecule has 0 aromatic heterocycles. The van der Waals surface area contributed by atoms with Crippen LogP contribution in [0.2, 0.25) is 5.04 Å². The minimum absolute atomic E-state index is 0.0659. The van der Waals surface area contributed by atoms with E-state index in [9.17, 15) is 5.11 Å². The van der Waals surface area contributed by atoms with Crippen LogP contribution < -0.4 is 10.4 Å². The molecule has 7 rings (SSSR count). The molecule has 4 aromatic carbocycles. The van der Waals surface area contributed by atoms with Gasteiger partial charge in [0.2, 0.25) is 0 Å². The summed E-state index contributed by atoms with van der Waals surface area (Å²) in [7, 11) is -2.78. The van der Waals surface area contributed by atoms with Crippen LogP contribution >= 0.6 is 0 Å². The summed E-state index contributed by atoms with van der Waals surface area (Å²) in [5.41, 5.74) is 3.52. The largest absolute Gasteiger partial charge is 0.407 e. The Morgan fingerprint density at radius 2 is 1.37 bits per heavy atom. The van der Waals surface area contributed by atoms with E-state index in [-0.39, 0.29) is 34.7 Å². The monoisotopic (exact) mass is 676 g/mol. The highest BCUT2D eigenvalue weighted by Gasteiger charge is 2.58. The predicted octanol–water partition coefficient (Wildman–Crippen LogP) is 7.75. The van der Waals surface area contributed by atoms with Crippen molar-refractivity contribution in [3.05, 3.63) is 121 Å². The molecule has 2 aliphatic heterocycles. The maximum atomic E-state index is 11.0. The average molecular weight is 677 g/mol. The molecule has 0 amide bonds. The maximum Gasteiger partial charge on any atom is 0.261 e. The first kappa shape index (κ1) is 34.4. The Balaban J connectivity index is 1.24. The first-order chi connectivity index (χ1) is 23.8. The Kier molecular flexibility index (Phi) is 10.3. The molecule has 258 valence electrons. The second kappa shape index (κ2) is 14.6. The van der Waals surface area contributed by atoms with E-state index in [1.54, 1.807) is 0 Å². The smallest absolute Gasteiger partial charge is 0.261 e. The van der Waals surface area contributed by atoms with Crippen molar-refractivity contribution < 1.29 is 23.7 Å². The van der Waals surface area contributed by atoms with Crippen molar-refractivity contribution in [2.45, 2.75) is 83.0 Å². The van der Waals surface area contributed by atoms with Crippen LogP contribution in [0.1, 0.15) is 58.4 Å². The van der Waals surface area contributed by atoms with Gasteiger partial charge in [0.15, 0.2) is 12.6 Å². The summed E-state index contributed by atoms with van der Waals surface area (Å²) in [6.45, 7) is 8.79. The van der Waals surface area contributed by atoms with Crippen molar-refractivity contribution in [2.24, 2.45) is 17.3 Å². The highest BCUT2D eigenvalue weighted by molar-refractivity contribution is 6.99. The van der Waals surface area contributed by atoms with E-state index < -0.39 is 14.6 Å². The molecule has 6 atom stereocenters. The first-order valence-electron chi connectivity index (χ1n) is 18.2. The first-order valence-corrected chi connectivity index (χ1v) is 20.1. The van der Waals surface area contributed by atoms with E-state index in [4.69, 9.17) is 18.6 Å². The fourth-order valence-electron chi connectivity index (χ4n) is 9.07. The molecule has 1 aliphatic carbocycles. The molecule has 2 unspecified atom stereocenters. The standard InChI is InChI=1S/C43H52O5Si/c1-42(2,3)49(35-17-9-5-10-18-35,36-19-11-6-12-20-36)47-30-37-38-31-46-40(44)29-43(38,28-39(37)48-41-21-13-14-26-45-41)27-32-22-24-34(25-23-32)33-15-7-4-8-16-33/h4-12,15-20,22-25,37-41,44H,13-14,21,26-31H2,1-3H3/t37-,38-,39-,40?,41?,43+/m1/s1. The lowest BCUT2D eigenvalue weighted by Crippen LogP contribution is -2.67. The molecule has 6 heteroatoms. The SMILES string of the molecule is CC(C)(C)[Si](OC[C@@H]1[C@H]2COC(O)C[C@]2(Cc2ccc(-c3ccccc3)cc2)C[C@H]1OC1CCCCO1)(c1ccccc1)c1ccccc1. The second-order valence-electron chi connectivity index (χ2n) is 15.5. The van der Waals surface area contributed by atoms with Crippen molar-refractivity contribution in [1.82, 2.24) is 0 Å². The summed E-state index contributed by atoms with van der Waals surface area (Å²) in [6, 6.07) is 41.3. The molecular formula is C43H52O5Si. The summed E-state index contributed by atoms with van der Waals surface area (Å²) in [4.78, 5) is 0. The third-order valence-corrected chi connectivity index (χ3v) is 16.4. The summed E-state index contributed by atoms with van der Waals surface area (Å²) >= 11 is 0. The van der Waals surface area contributed by atoms with Crippen LogP contribution in [-0.4, -0.2) is 51.9 Å². The van der Waals surface area contributed by atoms with Crippen LogP contribution in [0, 0.1) is 17.3 Å². The maximum absolute atomic E-state index is 11.0. The summed E-state index contributed by atoms with van der Waals surface area (Å²) in [5.74, 6) is 0.250. The molecule has 0 radical (unpaired) electrons. The zero-order valence-electron chi connectivity index (χ0n) is 29.3. The lowest BCUT2D eigenvalue weighted by Gasteiger charge is -2.46. The van der Waals surface area contributed by atoms with Crippen LogP contribution in [0.4, 0.5) is 0 Å². The molecule has 49 heavy (non-hydrogen) atoms. The van der Waals surface area contributed by atoms with Crippen molar-refractivity contribution in [3.63, 3.8) is 0 Å². The topological polar surface area (TPSA) is 57.2 Å². The number of ether oxygens (including phenoxy) is 3. The minimum Gasteiger partial charge on any atom is -0.407 e. The highest BCUT2D eigenvalue weighted by Crippen LogP contribution is 2.56. The third-order valence-electron chi connectivity index (χ3n) is 11.4. The Labute approximate surface area is 293 Å².